The van der Waals surface area contributed by atoms with Gasteiger partial charge in [0.25, 0.3) is 0 Å². The molecule has 0 saturated carbocycles. The molecule has 0 aliphatic heterocycles. The van der Waals surface area contributed by atoms with Gasteiger partial charge in [0.2, 0.25) is 0 Å². The summed E-state index contributed by atoms with van der Waals surface area (Å²) in [5.74, 6) is 0.687. The molecule has 2 N–H and O–H groups in total. The van der Waals surface area contributed by atoms with Crippen molar-refractivity contribution in [1.82, 2.24) is 35.1 Å². The second kappa shape index (κ2) is 9.25. The van der Waals surface area contributed by atoms with Crippen molar-refractivity contribution in [3.05, 3.63) is 109 Å². The molecule has 0 saturated heterocycles. The Balaban J connectivity index is 1.24. The van der Waals surface area contributed by atoms with E-state index in [0.29, 0.717) is 12.4 Å². The number of nitrogens with zero attached hydrogens (tertiary/aromatic N) is 5. The Hall–Kier alpha value is -5.37. The van der Waals surface area contributed by atoms with Crippen LogP contribution in [0.4, 0.5) is 0 Å². The fourth-order valence-electron chi connectivity index (χ4n) is 4.57. The van der Waals surface area contributed by atoms with E-state index in [1.165, 1.54) is 0 Å². The SMILES string of the molecule is c1ccc(COc2cncc(-c3ccc4[nH]nc(-c5cc6c(-c7ccncc7)cncc6[nH]5)c4n3)c2)cc1. The van der Waals surface area contributed by atoms with Crippen molar-refractivity contribution < 1.29 is 4.74 Å². The molecule has 1 aromatic carbocycles. The maximum Gasteiger partial charge on any atom is 0.138 e. The Labute approximate surface area is 217 Å². The van der Waals surface area contributed by atoms with Crippen LogP contribution in [-0.4, -0.2) is 35.1 Å². The molecule has 0 radical (unpaired) electrons. The van der Waals surface area contributed by atoms with Crippen molar-refractivity contribution >= 4 is 21.9 Å². The highest BCUT2D eigenvalue weighted by Crippen LogP contribution is 2.33. The first kappa shape index (κ1) is 21.9. The van der Waals surface area contributed by atoms with E-state index in [1.54, 1.807) is 24.8 Å². The molecule has 0 bridgehead atoms. The van der Waals surface area contributed by atoms with Crippen LogP contribution < -0.4 is 4.74 Å². The normalized spacial score (nSPS) is 11.3. The van der Waals surface area contributed by atoms with Crippen LogP contribution in [0, 0.1) is 0 Å². The lowest BCUT2D eigenvalue weighted by Crippen LogP contribution is -1.96. The molecule has 8 nitrogen and oxygen atoms in total. The summed E-state index contributed by atoms with van der Waals surface area (Å²) in [6.07, 6.45) is 10.8. The number of aromatic nitrogens is 7. The second-order valence-electron chi connectivity index (χ2n) is 8.92. The molecule has 0 amide bonds. The highest BCUT2D eigenvalue weighted by Gasteiger charge is 2.16. The first-order chi connectivity index (χ1) is 18.8. The number of hydrogen-bond acceptors (Lipinski definition) is 6. The van der Waals surface area contributed by atoms with E-state index in [9.17, 15) is 0 Å². The minimum Gasteiger partial charge on any atom is -0.487 e. The first-order valence-electron chi connectivity index (χ1n) is 12.2. The van der Waals surface area contributed by atoms with E-state index >= 15 is 0 Å². The van der Waals surface area contributed by atoms with Crippen LogP contribution in [0.15, 0.2) is 104 Å². The number of nitrogens with one attached hydrogen (secondary N) is 2. The molecule has 0 fully saturated rings. The number of benzene rings is 1. The summed E-state index contributed by atoms with van der Waals surface area (Å²) in [6, 6.07) is 22.0. The third kappa shape index (κ3) is 4.04. The maximum absolute atomic E-state index is 5.98. The van der Waals surface area contributed by atoms with E-state index in [0.717, 1.165) is 61.3 Å². The number of H-pyrrole nitrogens is 2. The van der Waals surface area contributed by atoms with Gasteiger partial charge in [-0.1, -0.05) is 30.3 Å². The maximum atomic E-state index is 5.98. The fourth-order valence-corrected chi connectivity index (χ4v) is 4.57. The molecule has 182 valence electrons. The van der Waals surface area contributed by atoms with Crippen LogP contribution >= 0.6 is 0 Å². The third-order valence-electron chi connectivity index (χ3n) is 6.46. The zero-order valence-corrected chi connectivity index (χ0v) is 20.2. The minimum absolute atomic E-state index is 0.473. The average Bonchev–Trinajstić information content (AvgIpc) is 3.61. The van der Waals surface area contributed by atoms with Crippen LogP contribution in [-0.2, 0) is 6.61 Å². The van der Waals surface area contributed by atoms with Crippen molar-refractivity contribution in [2.75, 3.05) is 0 Å². The second-order valence-corrected chi connectivity index (χ2v) is 8.92. The van der Waals surface area contributed by atoms with E-state index in [4.69, 9.17) is 9.72 Å². The molecule has 6 heterocycles. The topological polar surface area (TPSA) is 105 Å². The predicted molar refractivity (Wildman–Crippen MR) is 146 cm³/mol. The van der Waals surface area contributed by atoms with Crippen molar-refractivity contribution in [3.8, 4) is 39.5 Å². The summed E-state index contributed by atoms with van der Waals surface area (Å²) in [5, 5.41) is 8.75. The van der Waals surface area contributed by atoms with E-state index in [2.05, 4.69) is 36.2 Å². The Kier molecular flexibility index (Phi) is 5.33. The zero-order chi connectivity index (χ0) is 25.3. The monoisotopic (exact) mass is 495 g/mol. The summed E-state index contributed by atoms with van der Waals surface area (Å²) < 4.78 is 5.98. The van der Waals surface area contributed by atoms with Gasteiger partial charge >= 0.3 is 0 Å². The quantitative estimate of drug-likeness (QED) is 0.284. The predicted octanol–water partition coefficient (Wildman–Crippen LogP) is 6.20. The number of aromatic amines is 2. The summed E-state index contributed by atoms with van der Waals surface area (Å²) in [4.78, 5) is 21.4. The molecule has 7 rings (SSSR count). The highest BCUT2D eigenvalue weighted by molar-refractivity contribution is 5.99. The Morgan fingerprint density at radius 2 is 1.61 bits per heavy atom. The van der Waals surface area contributed by atoms with Gasteiger partial charge in [0.1, 0.15) is 23.6 Å². The molecule has 0 spiro atoms. The van der Waals surface area contributed by atoms with E-state index in [-0.39, 0.29) is 0 Å². The largest absolute Gasteiger partial charge is 0.487 e. The minimum atomic E-state index is 0.473. The summed E-state index contributed by atoms with van der Waals surface area (Å²) in [5.41, 5.74) is 8.97. The highest BCUT2D eigenvalue weighted by atomic mass is 16.5. The molecule has 7 aromatic rings. The molecule has 0 unspecified atom stereocenters. The van der Waals surface area contributed by atoms with Gasteiger partial charge in [-0.25, -0.2) is 4.98 Å². The number of pyridine rings is 4. The van der Waals surface area contributed by atoms with Crippen LogP contribution in [0.25, 0.3) is 55.7 Å². The lowest BCUT2D eigenvalue weighted by Gasteiger charge is -2.08. The van der Waals surface area contributed by atoms with Crippen molar-refractivity contribution in [1.29, 1.82) is 0 Å². The van der Waals surface area contributed by atoms with Crippen molar-refractivity contribution in [2.45, 2.75) is 6.61 Å². The van der Waals surface area contributed by atoms with Crippen LogP contribution in [0.3, 0.4) is 0 Å². The number of hydrogen-bond donors (Lipinski definition) is 2. The number of rotatable bonds is 6. The summed E-state index contributed by atoms with van der Waals surface area (Å²) >= 11 is 0. The lowest BCUT2D eigenvalue weighted by molar-refractivity contribution is 0.305. The molecule has 0 atom stereocenters. The number of fused-ring (bicyclic) bond motifs is 2. The van der Waals surface area contributed by atoms with E-state index < -0.39 is 0 Å². The third-order valence-corrected chi connectivity index (χ3v) is 6.46. The summed E-state index contributed by atoms with van der Waals surface area (Å²) in [7, 11) is 0. The van der Waals surface area contributed by atoms with Crippen LogP contribution in [0.2, 0.25) is 0 Å². The summed E-state index contributed by atoms with van der Waals surface area (Å²) in [6.45, 7) is 0.473. The Morgan fingerprint density at radius 1 is 0.737 bits per heavy atom. The molecule has 8 heteroatoms. The Morgan fingerprint density at radius 3 is 2.50 bits per heavy atom. The molecule has 0 aliphatic rings. The first-order valence-corrected chi connectivity index (χ1v) is 12.2. The van der Waals surface area contributed by atoms with Gasteiger partial charge in [-0.05, 0) is 47.5 Å². The smallest absolute Gasteiger partial charge is 0.138 e. The number of ether oxygens (including phenoxy) is 1. The molecular formula is C30H21N7O. The lowest BCUT2D eigenvalue weighted by atomic mass is 10.1. The zero-order valence-electron chi connectivity index (χ0n) is 20.2. The fraction of sp³-hybridized carbons (Fsp3) is 0.0333. The molecule has 0 aliphatic carbocycles. The van der Waals surface area contributed by atoms with Gasteiger partial charge in [-0.2, -0.15) is 5.10 Å². The van der Waals surface area contributed by atoms with Crippen LogP contribution in [0.1, 0.15) is 5.56 Å². The van der Waals surface area contributed by atoms with Gasteiger partial charge in [-0.15, -0.1) is 0 Å². The van der Waals surface area contributed by atoms with Gasteiger partial charge in [-0.3, -0.25) is 20.1 Å². The van der Waals surface area contributed by atoms with Gasteiger partial charge in [0.05, 0.1) is 34.8 Å². The molecular weight excluding hydrogens is 474 g/mol. The van der Waals surface area contributed by atoms with Gasteiger partial charge in [0.15, 0.2) is 0 Å². The van der Waals surface area contributed by atoms with Crippen molar-refractivity contribution in [3.63, 3.8) is 0 Å². The van der Waals surface area contributed by atoms with Gasteiger partial charge < -0.3 is 9.72 Å². The average molecular weight is 496 g/mol. The van der Waals surface area contributed by atoms with Crippen LogP contribution in [0.5, 0.6) is 5.75 Å². The standard InChI is InChI=1S/C30H21N7O/c1-2-4-19(5-3-1)18-38-22-12-21(14-32-15-22)25-6-7-26-29(35-25)30(37-36-26)27-13-23-24(16-33-17-28(23)34-27)20-8-10-31-11-9-20/h1-17,34H,18H2,(H,36,37). The van der Waals surface area contributed by atoms with Crippen molar-refractivity contribution in [2.24, 2.45) is 0 Å². The molecule has 6 aromatic heterocycles. The Bertz CT molecular complexity index is 1880. The van der Waals surface area contributed by atoms with E-state index in [1.807, 2.05) is 73.1 Å². The van der Waals surface area contributed by atoms with Gasteiger partial charge in [0, 0.05) is 41.3 Å². The molecule has 38 heavy (non-hydrogen) atoms.